The number of nitrogens with one attached hydrogen (secondary N) is 1. The number of rotatable bonds is 3. The predicted octanol–water partition coefficient (Wildman–Crippen LogP) is 2.98. The van der Waals surface area contributed by atoms with E-state index in [1.165, 1.54) is 0 Å². The molecule has 2 aromatic rings. The van der Waals surface area contributed by atoms with E-state index in [2.05, 4.69) is 5.32 Å². The summed E-state index contributed by atoms with van der Waals surface area (Å²) in [4.78, 5) is 11.9. The molecule has 0 aliphatic heterocycles. The van der Waals surface area contributed by atoms with Crippen LogP contribution in [0.3, 0.4) is 0 Å². The number of hydrogen-bond donors (Lipinski definition) is 2. The topological polar surface area (TPSA) is 49.3 Å². The van der Waals surface area contributed by atoms with Crippen LogP contribution >= 0.6 is 11.6 Å². The average molecular weight is 262 g/mol. The van der Waals surface area contributed by atoms with Gasteiger partial charge in [-0.05, 0) is 18.2 Å². The van der Waals surface area contributed by atoms with Gasteiger partial charge in [0.1, 0.15) is 5.75 Å². The Bertz CT molecular complexity index is 569. The van der Waals surface area contributed by atoms with Gasteiger partial charge in [0.05, 0.1) is 10.6 Å². The summed E-state index contributed by atoms with van der Waals surface area (Å²) in [5.74, 6) is -0.0965. The fourth-order valence-corrected chi connectivity index (χ4v) is 1.80. The van der Waals surface area contributed by atoms with Crippen molar-refractivity contribution in [2.75, 3.05) is 0 Å². The maximum absolute atomic E-state index is 11.9. The second-order valence-electron chi connectivity index (χ2n) is 3.79. The van der Waals surface area contributed by atoms with Crippen molar-refractivity contribution in [2.24, 2.45) is 0 Å². The van der Waals surface area contributed by atoms with Crippen LogP contribution in [0.2, 0.25) is 5.02 Å². The van der Waals surface area contributed by atoms with Crippen molar-refractivity contribution in [1.82, 2.24) is 5.32 Å². The summed E-state index contributed by atoms with van der Waals surface area (Å²) in [6.45, 7) is 0.261. The van der Waals surface area contributed by atoms with Crippen molar-refractivity contribution in [3.63, 3.8) is 0 Å². The number of carbonyl (C=O) groups is 1. The molecule has 0 saturated carbocycles. The van der Waals surface area contributed by atoms with Crippen LogP contribution in [-0.4, -0.2) is 11.0 Å². The van der Waals surface area contributed by atoms with Crippen LogP contribution in [0.15, 0.2) is 48.5 Å². The molecular formula is C14H12ClNO2. The maximum atomic E-state index is 11.9. The molecule has 2 N–H and O–H groups in total. The molecule has 0 fully saturated rings. The van der Waals surface area contributed by atoms with E-state index < -0.39 is 0 Å². The van der Waals surface area contributed by atoms with Crippen molar-refractivity contribution in [3.05, 3.63) is 64.7 Å². The lowest BCUT2D eigenvalue weighted by Crippen LogP contribution is -2.23. The van der Waals surface area contributed by atoms with Crippen LogP contribution in [0.4, 0.5) is 0 Å². The van der Waals surface area contributed by atoms with E-state index >= 15 is 0 Å². The van der Waals surface area contributed by atoms with Crippen molar-refractivity contribution < 1.29 is 9.90 Å². The molecule has 1 amide bonds. The van der Waals surface area contributed by atoms with E-state index in [4.69, 9.17) is 11.6 Å². The second-order valence-corrected chi connectivity index (χ2v) is 4.20. The van der Waals surface area contributed by atoms with Crippen molar-refractivity contribution in [3.8, 4) is 5.75 Å². The monoisotopic (exact) mass is 261 g/mol. The lowest BCUT2D eigenvalue weighted by Gasteiger charge is -2.07. The fourth-order valence-electron chi connectivity index (χ4n) is 1.58. The predicted molar refractivity (Wildman–Crippen MR) is 70.7 cm³/mol. The van der Waals surface area contributed by atoms with Crippen molar-refractivity contribution >= 4 is 17.5 Å². The smallest absolute Gasteiger partial charge is 0.253 e. The van der Waals surface area contributed by atoms with Gasteiger partial charge in [-0.3, -0.25) is 4.79 Å². The zero-order valence-electron chi connectivity index (χ0n) is 9.56. The summed E-state index contributed by atoms with van der Waals surface area (Å²) in [6.07, 6.45) is 0. The van der Waals surface area contributed by atoms with Crippen LogP contribution in [0.25, 0.3) is 0 Å². The molecule has 2 rings (SSSR count). The first-order chi connectivity index (χ1) is 8.68. The number of carbonyl (C=O) groups excluding carboxylic acids is 1. The molecule has 18 heavy (non-hydrogen) atoms. The van der Waals surface area contributed by atoms with Gasteiger partial charge >= 0.3 is 0 Å². The minimum absolute atomic E-state index is 0.164. The summed E-state index contributed by atoms with van der Waals surface area (Å²) in [6, 6.07) is 13.7. The molecule has 0 aliphatic carbocycles. The summed E-state index contributed by atoms with van der Waals surface area (Å²) in [5.41, 5.74) is 1.09. The molecule has 4 heteroatoms. The van der Waals surface area contributed by atoms with E-state index in [9.17, 15) is 9.90 Å². The Balaban J connectivity index is 2.06. The maximum Gasteiger partial charge on any atom is 0.253 e. The van der Waals surface area contributed by atoms with Gasteiger partial charge in [0.2, 0.25) is 0 Å². The van der Waals surface area contributed by atoms with Crippen LogP contribution in [0.1, 0.15) is 15.9 Å². The van der Waals surface area contributed by atoms with Gasteiger partial charge < -0.3 is 10.4 Å². The molecule has 2 aromatic carbocycles. The molecule has 0 bridgehead atoms. The van der Waals surface area contributed by atoms with Crippen LogP contribution in [0, 0.1) is 0 Å². The molecule has 0 aliphatic rings. The number of phenols is 1. The third-order valence-electron chi connectivity index (χ3n) is 2.55. The molecule has 0 heterocycles. The van der Waals surface area contributed by atoms with Crippen LogP contribution < -0.4 is 5.32 Å². The normalized spacial score (nSPS) is 10.1. The zero-order valence-corrected chi connectivity index (χ0v) is 10.3. The van der Waals surface area contributed by atoms with E-state index in [0.717, 1.165) is 0 Å². The SMILES string of the molecule is O=C(NCc1ccccc1O)c1ccccc1Cl. The minimum Gasteiger partial charge on any atom is -0.508 e. The highest BCUT2D eigenvalue weighted by Gasteiger charge is 2.09. The van der Waals surface area contributed by atoms with E-state index in [-0.39, 0.29) is 18.2 Å². The van der Waals surface area contributed by atoms with Gasteiger partial charge in [-0.1, -0.05) is 41.9 Å². The van der Waals surface area contributed by atoms with Gasteiger partial charge in [-0.15, -0.1) is 0 Å². The Morgan fingerprint density at radius 3 is 2.50 bits per heavy atom. The van der Waals surface area contributed by atoms with Crippen LogP contribution in [0.5, 0.6) is 5.75 Å². The number of amides is 1. The van der Waals surface area contributed by atoms with E-state index in [0.29, 0.717) is 16.1 Å². The van der Waals surface area contributed by atoms with Gasteiger partial charge in [0, 0.05) is 12.1 Å². The highest BCUT2D eigenvalue weighted by molar-refractivity contribution is 6.33. The van der Waals surface area contributed by atoms with Crippen molar-refractivity contribution in [1.29, 1.82) is 0 Å². The zero-order chi connectivity index (χ0) is 13.0. The summed E-state index contributed by atoms with van der Waals surface area (Å²) >= 11 is 5.92. The van der Waals surface area contributed by atoms with Gasteiger partial charge in [-0.2, -0.15) is 0 Å². The molecule has 0 aromatic heterocycles. The first kappa shape index (κ1) is 12.5. The first-order valence-corrected chi connectivity index (χ1v) is 5.86. The number of phenolic OH excluding ortho intramolecular Hbond substituents is 1. The number of halogens is 1. The average Bonchev–Trinajstić information content (AvgIpc) is 2.38. The Hall–Kier alpha value is -2.00. The third-order valence-corrected chi connectivity index (χ3v) is 2.88. The van der Waals surface area contributed by atoms with Crippen molar-refractivity contribution in [2.45, 2.75) is 6.54 Å². The van der Waals surface area contributed by atoms with Gasteiger partial charge in [0.25, 0.3) is 5.91 Å². The fraction of sp³-hybridized carbons (Fsp3) is 0.0714. The summed E-state index contributed by atoms with van der Waals surface area (Å²) < 4.78 is 0. The Morgan fingerprint density at radius 1 is 1.11 bits per heavy atom. The standard InChI is InChI=1S/C14H12ClNO2/c15-12-7-3-2-6-11(12)14(18)16-9-10-5-1-4-8-13(10)17/h1-8,17H,9H2,(H,16,18). The molecule has 0 unspecified atom stereocenters. The minimum atomic E-state index is -0.260. The van der Waals surface area contributed by atoms with E-state index in [1.807, 2.05) is 0 Å². The number of para-hydroxylation sites is 1. The molecule has 0 radical (unpaired) electrons. The Kier molecular flexibility index (Phi) is 3.85. The molecule has 0 atom stereocenters. The quantitative estimate of drug-likeness (QED) is 0.892. The molecular weight excluding hydrogens is 250 g/mol. The lowest BCUT2D eigenvalue weighted by molar-refractivity contribution is 0.0951. The molecule has 0 spiro atoms. The lowest BCUT2D eigenvalue weighted by atomic mass is 10.2. The van der Waals surface area contributed by atoms with Gasteiger partial charge in [0.15, 0.2) is 0 Å². The first-order valence-electron chi connectivity index (χ1n) is 5.48. The van der Waals surface area contributed by atoms with E-state index in [1.54, 1.807) is 48.5 Å². The summed E-state index contributed by atoms with van der Waals surface area (Å²) in [7, 11) is 0. The number of hydrogen-bond acceptors (Lipinski definition) is 2. The highest BCUT2D eigenvalue weighted by Crippen LogP contribution is 2.17. The van der Waals surface area contributed by atoms with Gasteiger partial charge in [-0.25, -0.2) is 0 Å². The van der Waals surface area contributed by atoms with Crippen LogP contribution in [-0.2, 0) is 6.54 Å². The molecule has 3 nitrogen and oxygen atoms in total. The summed E-state index contributed by atoms with van der Waals surface area (Å²) in [5, 5.41) is 12.7. The Morgan fingerprint density at radius 2 is 1.78 bits per heavy atom. The highest BCUT2D eigenvalue weighted by atomic mass is 35.5. The third kappa shape index (κ3) is 2.81. The Labute approximate surface area is 110 Å². The molecule has 0 saturated heterocycles. The number of aromatic hydroxyl groups is 1. The number of benzene rings is 2. The largest absolute Gasteiger partial charge is 0.508 e. The second kappa shape index (κ2) is 5.56. The molecule has 92 valence electrons.